The number of phenols is 1. The third-order valence-electron chi connectivity index (χ3n) is 3.17. The molecule has 108 valence electrons. The van der Waals surface area contributed by atoms with Crippen molar-refractivity contribution in [1.82, 2.24) is 15.0 Å². The Bertz CT molecular complexity index is 748. The molecular weight excluding hydrogens is 266 g/mol. The van der Waals surface area contributed by atoms with Crippen LogP contribution in [0.25, 0.3) is 11.2 Å². The normalized spacial score (nSPS) is 10.8. The third kappa shape index (κ3) is 2.89. The van der Waals surface area contributed by atoms with Crippen molar-refractivity contribution < 1.29 is 5.11 Å². The second-order valence-electron chi connectivity index (χ2n) is 5.02. The molecule has 6 heteroatoms. The summed E-state index contributed by atoms with van der Waals surface area (Å²) in [6.45, 7) is 0.568. The van der Waals surface area contributed by atoms with E-state index in [0.717, 1.165) is 22.8 Å². The quantitative estimate of drug-likeness (QED) is 0.641. The first-order valence-electron chi connectivity index (χ1n) is 6.68. The lowest BCUT2D eigenvalue weighted by atomic mass is 10.3. The number of imidazole rings is 1. The van der Waals surface area contributed by atoms with Crippen LogP contribution in [0.5, 0.6) is 5.75 Å². The number of aromatic hydroxyl groups is 1. The lowest BCUT2D eigenvalue weighted by Gasteiger charge is -2.09. The smallest absolute Gasteiger partial charge is 0.179 e. The molecule has 0 unspecified atom stereocenters. The highest BCUT2D eigenvalue weighted by Gasteiger charge is 2.06. The minimum Gasteiger partial charge on any atom is -0.508 e. The highest BCUT2D eigenvalue weighted by atomic mass is 16.3. The molecule has 0 radical (unpaired) electrons. The number of H-pyrrole nitrogens is 1. The van der Waals surface area contributed by atoms with E-state index in [4.69, 9.17) is 0 Å². The van der Waals surface area contributed by atoms with E-state index in [2.05, 4.69) is 20.3 Å². The Morgan fingerprint density at radius 1 is 1.10 bits per heavy atom. The summed E-state index contributed by atoms with van der Waals surface area (Å²) < 4.78 is 0. The molecule has 3 N–H and O–H groups in total. The molecule has 0 saturated heterocycles. The molecule has 21 heavy (non-hydrogen) atoms. The van der Waals surface area contributed by atoms with Gasteiger partial charge in [-0.15, -0.1) is 0 Å². The van der Waals surface area contributed by atoms with Gasteiger partial charge in [0, 0.05) is 19.8 Å². The van der Waals surface area contributed by atoms with Crippen LogP contribution in [0, 0.1) is 0 Å². The van der Waals surface area contributed by atoms with Crippen molar-refractivity contribution in [2.75, 3.05) is 24.3 Å². The lowest BCUT2D eigenvalue weighted by molar-refractivity contribution is 0.475. The molecule has 2 heterocycles. The summed E-state index contributed by atoms with van der Waals surface area (Å²) in [6.07, 6.45) is 0. The van der Waals surface area contributed by atoms with Crippen molar-refractivity contribution in [3.05, 3.63) is 42.2 Å². The molecule has 0 aliphatic carbocycles. The minimum absolute atomic E-state index is 0.254. The topological polar surface area (TPSA) is 77.1 Å². The zero-order valence-electron chi connectivity index (χ0n) is 12.0. The number of pyridine rings is 1. The molecule has 3 rings (SSSR count). The van der Waals surface area contributed by atoms with Crippen molar-refractivity contribution >= 4 is 22.7 Å². The van der Waals surface area contributed by atoms with Crippen LogP contribution in [-0.4, -0.2) is 34.2 Å². The van der Waals surface area contributed by atoms with Crippen LogP contribution in [0.3, 0.4) is 0 Å². The maximum absolute atomic E-state index is 9.25. The van der Waals surface area contributed by atoms with Gasteiger partial charge < -0.3 is 20.3 Å². The zero-order chi connectivity index (χ0) is 14.8. The summed E-state index contributed by atoms with van der Waals surface area (Å²) >= 11 is 0. The molecule has 3 aromatic rings. The molecule has 0 spiro atoms. The van der Waals surface area contributed by atoms with Gasteiger partial charge in [0.1, 0.15) is 17.4 Å². The number of aromatic nitrogens is 3. The van der Waals surface area contributed by atoms with Crippen LogP contribution in [0.1, 0.15) is 5.82 Å². The number of anilines is 2. The largest absolute Gasteiger partial charge is 0.508 e. The van der Waals surface area contributed by atoms with Crippen LogP contribution < -0.4 is 10.2 Å². The number of hydrogen-bond donors (Lipinski definition) is 3. The van der Waals surface area contributed by atoms with Crippen LogP contribution in [0.2, 0.25) is 0 Å². The maximum atomic E-state index is 9.25. The number of nitrogens with zero attached hydrogens (tertiary/aromatic N) is 3. The predicted molar refractivity (Wildman–Crippen MR) is 83.6 cm³/mol. The van der Waals surface area contributed by atoms with Crippen LogP contribution >= 0.6 is 0 Å². The summed E-state index contributed by atoms with van der Waals surface area (Å²) in [5.74, 6) is 1.96. The van der Waals surface area contributed by atoms with Crippen LogP contribution in [0.15, 0.2) is 36.4 Å². The van der Waals surface area contributed by atoms with Crippen molar-refractivity contribution in [1.29, 1.82) is 0 Å². The maximum Gasteiger partial charge on any atom is 0.179 e. The average molecular weight is 283 g/mol. The van der Waals surface area contributed by atoms with E-state index in [9.17, 15) is 5.11 Å². The zero-order valence-corrected chi connectivity index (χ0v) is 12.0. The van der Waals surface area contributed by atoms with Crippen molar-refractivity contribution in [2.45, 2.75) is 6.54 Å². The van der Waals surface area contributed by atoms with Crippen molar-refractivity contribution in [2.24, 2.45) is 0 Å². The monoisotopic (exact) mass is 283 g/mol. The molecule has 0 atom stereocenters. The molecule has 0 amide bonds. The molecule has 1 aromatic carbocycles. The Hall–Kier alpha value is -2.76. The summed E-state index contributed by atoms with van der Waals surface area (Å²) in [6, 6.07) is 10.9. The third-order valence-corrected chi connectivity index (χ3v) is 3.17. The molecular formula is C15H17N5O. The molecule has 0 aliphatic rings. The van der Waals surface area contributed by atoms with Crippen LogP contribution in [0.4, 0.5) is 11.5 Å². The lowest BCUT2D eigenvalue weighted by Crippen LogP contribution is -2.10. The van der Waals surface area contributed by atoms with Crippen LogP contribution in [-0.2, 0) is 6.54 Å². The van der Waals surface area contributed by atoms with Gasteiger partial charge in [0.25, 0.3) is 0 Å². The van der Waals surface area contributed by atoms with Gasteiger partial charge in [0.05, 0.1) is 12.1 Å². The van der Waals surface area contributed by atoms with Gasteiger partial charge in [-0.3, -0.25) is 0 Å². The van der Waals surface area contributed by atoms with Gasteiger partial charge in [0.2, 0.25) is 0 Å². The Morgan fingerprint density at radius 3 is 2.57 bits per heavy atom. The minimum atomic E-state index is 0.254. The Balaban J connectivity index is 1.76. The first kappa shape index (κ1) is 13.2. The highest BCUT2D eigenvalue weighted by Crippen LogP contribution is 2.17. The first-order chi connectivity index (χ1) is 10.1. The number of fused-ring (bicyclic) bond motifs is 1. The molecule has 6 nitrogen and oxygen atoms in total. The fourth-order valence-electron chi connectivity index (χ4n) is 2.03. The second kappa shape index (κ2) is 5.32. The predicted octanol–water partition coefficient (Wildman–Crippen LogP) is 2.34. The van der Waals surface area contributed by atoms with Crippen molar-refractivity contribution in [3.8, 4) is 5.75 Å². The van der Waals surface area contributed by atoms with E-state index in [1.54, 1.807) is 12.1 Å². The number of benzene rings is 1. The van der Waals surface area contributed by atoms with E-state index in [1.807, 2.05) is 43.3 Å². The summed E-state index contributed by atoms with van der Waals surface area (Å²) in [5, 5.41) is 12.5. The van der Waals surface area contributed by atoms with E-state index >= 15 is 0 Å². The first-order valence-corrected chi connectivity index (χ1v) is 6.68. The van der Waals surface area contributed by atoms with E-state index in [0.29, 0.717) is 12.2 Å². The SMILES string of the molecule is CN(C)c1ccc2[nH]c(CNc3ccc(O)cc3)nc2n1. The van der Waals surface area contributed by atoms with Crippen molar-refractivity contribution in [3.63, 3.8) is 0 Å². The molecule has 2 aromatic heterocycles. The molecule has 0 aliphatic heterocycles. The van der Waals surface area contributed by atoms with Gasteiger partial charge in [-0.2, -0.15) is 0 Å². The van der Waals surface area contributed by atoms with Gasteiger partial charge in [-0.1, -0.05) is 0 Å². The number of aromatic amines is 1. The Morgan fingerprint density at radius 2 is 1.86 bits per heavy atom. The van der Waals surface area contributed by atoms with E-state index in [-0.39, 0.29) is 5.75 Å². The number of hydrogen-bond acceptors (Lipinski definition) is 5. The molecule has 0 saturated carbocycles. The van der Waals surface area contributed by atoms with E-state index < -0.39 is 0 Å². The molecule has 0 fully saturated rings. The summed E-state index contributed by atoms with van der Waals surface area (Å²) in [4.78, 5) is 14.2. The van der Waals surface area contributed by atoms with E-state index in [1.165, 1.54) is 0 Å². The van der Waals surface area contributed by atoms with Gasteiger partial charge in [-0.05, 0) is 36.4 Å². The molecule has 0 bridgehead atoms. The average Bonchev–Trinajstić information content (AvgIpc) is 2.88. The summed E-state index contributed by atoms with van der Waals surface area (Å²) in [5.41, 5.74) is 2.56. The Labute approximate surface area is 122 Å². The number of nitrogens with one attached hydrogen (secondary N) is 2. The number of phenolic OH excluding ortho intramolecular Hbond substituents is 1. The van der Waals surface area contributed by atoms with Gasteiger partial charge >= 0.3 is 0 Å². The summed E-state index contributed by atoms with van der Waals surface area (Å²) in [7, 11) is 3.90. The second-order valence-corrected chi connectivity index (χ2v) is 5.02. The Kier molecular flexibility index (Phi) is 3.35. The number of rotatable bonds is 4. The van der Waals surface area contributed by atoms with Gasteiger partial charge in [-0.25, -0.2) is 9.97 Å². The fourth-order valence-corrected chi connectivity index (χ4v) is 2.03. The fraction of sp³-hybridized carbons (Fsp3) is 0.200. The van der Waals surface area contributed by atoms with Gasteiger partial charge in [0.15, 0.2) is 5.65 Å². The standard InChI is InChI=1S/C15H17N5O/c1-20(2)14-8-7-12-15(19-14)18-13(17-12)9-16-10-3-5-11(21)6-4-10/h3-8,16,21H,9H2,1-2H3,(H,17,18,19). The highest BCUT2D eigenvalue weighted by molar-refractivity contribution is 5.73.